The lowest BCUT2D eigenvalue weighted by molar-refractivity contribution is -0.141. The number of pyridine rings is 1. The van der Waals surface area contributed by atoms with E-state index in [2.05, 4.69) is 9.97 Å². The normalized spacial score (nSPS) is 11.6. The number of rotatable bonds is 2. The first kappa shape index (κ1) is 13.1. The summed E-state index contributed by atoms with van der Waals surface area (Å²) in [4.78, 5) is 7.46. The molecule has 0 saturated heterocycles. The maximum absolute atomic E-state index is 12.7. The number of hydrogen-bond acceptors (Lipinski definition) is 3. The van der Waals surface area contributed by atoms with E-state index in [0.717, 1.165) is 12.1 Å². The number of nitrogens with zero attached hydrogens (tertiary/aromatic N) is 3. The van der Waals surface area contributed by atoms with Crippen LogP contribution in [-0.4, -0.2) is 20.4 Å². The van der Waals surface area contributed by atoms with Gasteiger partial charge in [-0.25, -0.2) is 9.97 Å². The quantitative estimate of drug-likeness (QED) is 0.645. The molecule has 0 aliphatic heterocycles. The van der Waals surface area contributed by atoms with E-state index in [0.29, 0.717) is 5.82 Å². The van der Waals surface area contributed by atoms with Crippen LogP contribution in [0.1, 0.15) is 17.1 Å². The first-order valence-corrected chi connectivity index (χ1v) is 5.23. The number of alkyl halides is 3. The van der Waals surface area contributed by atoms with Crippen molar-refractivity contribution in [2.75, 3.05) is 0 Å². The molecule has 0 aliphatic rings. The third-order valence-corrected chi connectivity index (χ3v) is 2.51. The molecule has 8 heteroatoms. The number of halogens is 3. The topological polar surface area (TPSA) is 80.6 Å². The SMILES string of the molecule is Cc1nccn1-c1nc(C(F)(F)F)ccc1C(=N)N. The van der Waals surface area contributed by atoms with Crippen molar-refractivity contribution in [1.29, 1.82) is 5.41 Å². The van der Waals surface area contributed by atoms with E-state index in [1.807, 2.05) is 0 Å². The molecule has 0 aliphatic carbocycles. The van der Waals surface area contributed by atoms with Crippen molar-refractivity contribution in [2.45, 2.75) is 13.1 Å². The lowest BCUT2D eigenvalue weighted by Crippen LogP contribution is -2.19. The van der Waals surface area contributed by atoms with Crippen molar-refractivity contribution in [3.05, 3.63) is 41.6 Å². The molecule has 0 aromatic carbocycles. The number of amidine groups is 1. The van der Waals surface area contributed by atoms with Crippen LogP contribution < -0.4 is 5.73 Å². The molecule has 2 aromatic rings. The molecule has 0 saturated carbocycles. The Balaban J connectivity index is 2.68. The zero-order valence-corrected chi connectivity index (χ0v) is 9.86. The summed E-state index contributed by atoms with van der Waals surface area (Å²) in [5, 5.41) is 7.40. The van der Waals surface area contributed by atoms with E-state index in [1.165, 1.54) is 17.0 Å². The van der Waals surface area contributed by atoms with Crippen molar-refractivity contribution in [2.24, 2.45) is 5.73 Å². The second kappa shape index (κ2) is 4.38. The summed E-state index contributed by atoms with van der Waals surface area (Å²) in [6.45, 7) is 1.62. The molecule has 19 heavy (non-hydrogen) atoms. The van der Waals surface area contributed by atoms with Gasteiger partial charge in [0.1, 0.15) is 23.2 Å². The number of aryl methyl sites for hydroxylation is 1. The fourth-order valence-corrected chi connectivity index (χ4v) is 1.60. The van der Waals surface area contributed by atoms with E-state index in [-0.39, 0.29) is 17.2 Å². The standard InChI is InChI=1S/C11H10F3N5/c1-6-17-4-5-19(6)10-7(9(15)16)2-3-8(18-10)11(12,13)14/h2-5H,1H3,(H3,15,16). The molecule has 2 aromatic heterocycles. The predicted octanol–water partition coefficient (Wildman–Crippen LogP) is 1.88. The van der Waals surface area contributed by atoms with E-state index in [9.17, 15) is 13.2 Å². The minimum atomic E-state index is -4.56. The number of imidazole rings is 1. The number of nitrogens with two attached hydrogens (primary N) is 1. The summed E-state index contributed by atoms with van der Waals surface area (Å²) in [6.07, 6.45) is -1.66. The molecule has 0 bridgehead atoms. The van der Waals surface area contributed by atoms with Gasteiger partial charge in [-0.1, -0.05) is 0 Å². The molecule has 0 unspecified atom stereocenters. The van der Waals surface area contributed by atoms with E-state index >= 15 is 0 Å². The summed E-state index contributed by atoms with van der Waals surface area (Å²) in [6, 6.07) is 1.93. The molecular weight excluding hydrogens is 259 g/mol. The number of nitrogen functional groups attached to an aromatic ring is 1. The molecule has 0 atom stereocenters. The van der Waals surface area contributed by atoms with Crippen molar-refractivity contribution in [1.82, 2.24) is 14.5 Å². The third-order valence-electron chi connectivity index (χ3n) is 2.51. The van der Waals surface area contributed by atoms with Crippen LogP contribution in [0.3, 0.4) is 0 Å². The predicted molar refractivity (Wildman–Crippen MR) is 62.1 cm³/mol. The molecular formula is C11H10F3N5. The van der Waals surface area contributed by atoms with Gasteiger partial charge in [-0.05, 0) is 19.1 Å². The van der Waals surface area contributed by atoms with Crippen LogP contribution in [0.2, 0.25) is 0 Å². The van der Waals surface area contributed by atoms with Gasteiger partial charge in [-0.15, -0.1) is 0 Å². The maximum atomic E-state index is 12.7. The van der Waals surface area contributed by atoms with E-state index in [4.69, 9.17) is 11.1 Å². The van der Waals surface area contributed by atoms with Crippen LogP contribution in [0.4, 0.5) is 13.2 Å². The Bertz CT molecular complexity index is 630. The highest BCUT2D eigenvalue weighted by Gasteiger charge is 2.33. The van der Waals surface area contributed by atoms with Crippen LogP contribution in [-0.2, 0) is 6.18 Å². The first-order chi connectivity index (χ1) is 8.80. The molecule has 2 heterocycles. The third kappa shape index (κ3) is 2.42. The van der Waals surface area contributed by atoms with Crippen molar-refractivity contribution >= 4 is 5.84 Å². The zero-order chi connectivity index (χ0) is 14.2. The average Bonchev–Trinajstić information content (AvgIpc) is 2.73. The molecule has 0 fully saturated rings. The van der Waals surface area contributed by atoms with Crippen molar-refractivity contribution < 1.29 is 13.2 Å². The molecule has 0 spiro atoms. The summed E-state index contributed by atoms with van der Waals surface area (Å²) in [5.41, 5.74) is 4.44. The zero-order valence-electron chi connectivity index (χ0n) is 9.86. The Morgan fingerprint density at radius 2 is 2.05 bits per heavy atom. The second-order valence-electron chi connectivity index (χ2n) is 3.82. The van der Waals surface area contributed by atoms with Gasteiger partial charge in [0, 0.05) is 12.4 Å². The van der Waals surface area contributed by atoms with Gasteiger partial charge in [0.05, 0.1) is 5.56 Å². The maximum Gasteiger partial charge on any atom is 0.433 e. The second-order valence-corrected chi connectivity index (χ2v) is 3.82. The summed E-state index contributed by atoms with van der Waals surface area (Å²) in [7, 11) is 0. The Labute approximate surface area is 106 Å². The van der Waals surface area contributed by atoms with Crippen LogP contribution in [0, 0.1) is 12.3 Å². The first-order valence-electron chi connectivity index (χ1n) is 5.23. The minimum absolute atomic E-state index is 0.0580. The number of aromatic nitrogens is 3. The summed E-state index contributed by atoms with van der Waals surface area (Å²) >= 11 is 0. The van der Waals surface area contributed by atoms with E-state index in [1.54, 1.807) is 6.92 Å². The molecule has 3 N–H and O–H groups in total. The fraction of sp³-hybridized carbons (Fsp3) is 0.182. The molecule has 0 amide bonds. The fourth-order valence-electron chi connectivity index (χ4n) is 1.60. The van der Waals surface area contributed by atoms with Gasteiger partial charge < -0.3 is 5.73 Å². The summed E-state index contributed by atoms with van der Waals surface area (Å²) in [5.74, 6) is 0.0379. The molecule has 100 valence electrons. The van der Waals surface area contributed by atoms with Crippen LogP contribution >= 0.6 is 0 Å². The number of hydrogen-bond donors (Lipinski definition) is 2. The number of nitrogens with one attached hydrogen (secondary N) is 1. The minimum Gasteiger partial charge on any atom is -0.384 e. The van der Waals surface area contributed by atoms with Gasteiger partial charge in [0.25, 0.3) is 0 Å². The van der Waals surface area contributed by atoms with Gasteiger partial charge >= 0.3 is 6.18 Å². The summed E-state index contributed by atoms with van der Waals surface area (Å²) < 4.78 is 39.4. The molecule has 5 nitrogen and oxygen atoms in total. The highest BCUT2D eigenvalue weighted by molar-refractivity contribution is 5.97. The van der Waals surface area contributed by atoms with Crippen molar-refractivity contribution in [3.63, 3.8) is 0 Å². The lowest BCUT2D eigenvalue weighted by atomic mass is 10.2. The van der Waals surface area contributed by atoms with Crippen LogP contribution in [0.15, 0.2) is 24.5 Å². The monoisotopic (exact) mass is 269 g/mol. The Morgan fingerprint density at radius 1 is 1.37 bits per heavy atom. The smallest absolute Gasteiger partial charge is 0.384 e. The van der Waals surface area contributed by atoms with Crippen LogP contribution in [0.25, 0.3) is 5.82 Å². The van der Waals surface area contributed by atoms with Gasteiger partial charge in [0.15, 0.2) is 0 Å². The largest absolute Gasteiger partial charge is 0.433 e. The highest BCUT2D eigenvalue weighted by atomic mass is 19.4. The van der Waals surface area contributed by atoms with Gasteiger partial charge in [-0.2, -0.15) is 13.2 Å². The lowest BCUT2D eigenvalue weighted by Gasteiger charge is -2.13. The molecule has 2 rings (SSSR count). The average molecular weight is 269 g/mol. The van der Waals surface area contributed by atoms with Gasteiger partial charge in [0.2, 0.25) is 0 Å². The van der Waals surface area contributed by atoms with E-state index < -0.39 is 11.9 Å². The molecule has 0 radical (unpaired) electrons. The Hall–Kier alpha value is -2.38. The van der Waals surface area contributed by atoms with Gasteiger partial charge in [-0.3, -0.25) is 9.98 Å². The van der Waals surface area contributed by atoms with Crippen LogP contribution in [0.5, 0.6) is 0 Å². The highest BCUT2D eigenvalue weighted by Crippen LogP contribution is 2.29. The Morgan fingerprint density at radius 3 is 2.53 bits per heavy atom. The Kier molecular flexibility index (Phi) is 3.01. The van der Waals surface area contributed by atoms with Crippen molar-refractivity contribution in [3.8, 4) is 5.82 Å².